The van der Waals surface area contributed by atoms with Crippen molar-refractivity contribution in [2.75, 3.05) is 13.7 Å². The molecule has 0 aliphatic carbocycles. The first-order valence-corrected chi connectivity index (χ1v) is 7.48. The fourth-order valence-corrected chi connectivity index (χ4v) is 2.59. The Morgan fingerprint density at radius 2 is 1.90 bits per heavy atom. The number of methoxy groups -OCH3 is 1. The highest BCUT2D eigenvalue weighted by Gasteiger charge is 2.16. The first-order chi connectivity index (χ1) is 10.2. The summed E-state index contributed by atoms with van der Waals surface area (Å²) in [5, 5.41) is 2.12. The lowest BCUT2D eigenvalue weighted by molar-refractivity contribution is 0.0525. The largest absolute Gasteiger partial charge is 0.496 e. The van der Waals surface area contributed by atoms with E-state index >= 15 is 0 Å². The molecule has 0 bridgehead atoms. The Bertz CT molecular complexity index is 632. The van der Waals surface area contributed by atoms with Crippen molar-refractivity contribution in [3.05, 3.63) is 41.5 Å². The zero-order chi connectivity index (χ0) is 15.2. The van der Waals surface area contributed by atoms with E-state index in [1.54, 1.807) is 7.11 Å². The Hall–Kier alpha value is -2.03. The molecule has 0 amide bonds. The van der Waals surface area contributed by atoms with Crippen LogP contribution in [0, 0.1) is 0 Å². The minimum absolute atomic E-state index is 0.242. The second kappa shape index (κ2) is 7.11. The highest BCUT2D eigenvalue weighted by atomic mass is 16.5. The third kappa shape index (κ3) is 3.18. The molecule has 2 aromatic rings. The van der Waals surface area contributed by atoms with E-state index in [0.717, 1.165) is 41.3 Å². The average Bonchev–Trinajstić information content (AvgIpc) is 2.51. The number of fused-ring (bicyclic) bond motifs is 1. The average molecular weight is 286 g/mol. The smallest absolute Gasteiger partial charge is 0.338 e. The van der Waals surface area contributed by atoms with Crippen LogP contribution in [-0.4, -0.2) is 19.7 Å². The van der Waals surface area contributed by atoms with Crippen LogP contribution in [0.3, 0.4) is 0 Å². The number of aryl methyl sites for hydroxylation is 1. The molecule has 0 unspecified atom stereocenters. The maximum atomic E-state index is 12.2. The van der Waals surface area contributed by atoms with Gasteiger partial charge >= 0.3 is 5.97 Å². The number of carbonyl (C=O) groups excluding carboxylic acids is 1. The second-order valence-corrected chi connectivity index (χ2v) is 4.97. The van der Waals surface area contributed by atoms with Gasteiger partial charge in [-0.25, -0.2) is 4.79 Å². The molecule has 2 rings (SSSR count). The van der Waals surface area contributed by atoms with Gasteiger partial charge < -0.3 is 9.47 Å². The molecule has 0 saturated carbocycles. The molecule has 0 spiro atoms. The Kier molecular flexibility index (Phi) is 5.20. The highest BCUT2D eigenvalue weighted by Crippen LogP contribution is 2.31. The number of rotatable bonds is 6. The summed E-state index contributed by atoms with van der Waals surface area (Å²) in [6.45, 7) is 4.37. The Morgan fingerprint density at radius 3 is 2.57 bits per heavy atom. The van der Waals surface area contributed by atoms with Crippen molar-refractivity contribution in [2.45, 2.75) is 33.1 Å². The second-order valence-electron chi connectivity index (χ2n) is 4.97. The summed E-state index contributed by atoms with van der Waals surface area (Å²) in [4.78, 5) is 12.2. The number of hydrogen-bond acceptors (Lipinski definition) is 3. The van der Waals surface area contributed by atoms with Gasteiger partial charge in [0.15, 0.2) is 0 Å². The predicted octanol–water partition coefficient (Wildman–Crippen LogP) is 4.37. The van der Waals surface area contributed by atoms with E-state index in [1.165, 1.54) is 0 Å². The van der Waals surface area contributed by atoms with Crippen LogP contribution in [0.1, 0.15) is 42.6 Å². The van der Waals surface area contributed by atoms with Gasteiger partial charge in [0.05, 0.1) is 19.3 Å². The SMILES string of the molecule is CCCCc1c(C(=O)OCC)ccc2c(OC)cccc12. The van der Waals surface area contributed by atoms with Gasteiger partial charge in [-0.05, 0) is 48.9 Å². The van der Waals surface area contributed by atoms with Crippen LogP contribution in [0.25, 0.3) is 10.8 Å². The molecule has 0 aromatic heterocycles. The molecule has 3 heteroatoms. The van der Waals surface area contributed by atoms with Crippen LogP contribution in [-0.2, 0) is 11.2 Å². The van der Waals surface area contributed by atoms with Crippen LogP contribution >= 0.6 is 0 Å². The summed E-state index contributed by atoms with van der Waals surface area (Å²) in [5.74, 6) is 0.592. The van der Waals surface area contributed by atoms with Crippen molar-refractivity contribution in [2.24, 2.45) is 0 Å². The molecule has 0 aliphatic rings. The molecule has 112 valence electrons. The molecular weight excluding hydrogens is 264 g/mol. The summed E-state index contributed by atoms with van der Waals surface area (Å²) in [6, 6.07) is 9.75. The molecule has 0 aliphatic heterocycles. The maximum absolute atomic E-state index is 12.2. The van der Waals surface area contributed by atoms with Crippen LogP contribution in [0.15, 0.2) is 30.3 Å². The van der Waals surface area contributed by atoms with E-state index in [0.29, 0.717) is 12.2 Å². The molecule has 0 radical (unpaired) electrons. The molecule has 3 nitrogen and oxygen atoms in total. The summed E-state index contributed by atoms with van der Waals surface area (Å²) >= 11 is 0. The van der Waals surface area contributed by atoms with Crippen molar-refractivity contribution in [3.8, 4) is 5.75 Å². The molecule has 2 aromatic carbocycles. The van der Waals surface area contributed by atoms with Crippen molar-refractivity contribution < 1.29 is 14.3 Å². The topological polar surface area (TPSA) is 35.5 Å². The van der Waals surface area contributed by atoms with E-state index in [9.17, 15) is 4.79 Å². The maximum Gasteiger partial charge on any atom is 0.338 e. The fourth-order valence-electron chi connectivity index (χ4n) is 2.59. The standard InChI is InChI=1S/C18H22O3/c1-4-6-8-14-13-9-7-10-17(20-3)15(13)11-12-16(14)18(19)21-5-2/h7,9-12H,4-6,8H2,1-3H3. The van der Waals surface area contributed by atoms with Gasteiger partial charge in [0.2, 0.25) is 0 Å². The molecule has 21 heavy (non-hydrogen) atoms. The van der Waals surface area contributed by atoms with E-state index in [2.05, 4.69) is 6.92 Å². The Morgan fingerprint density at radius 1 is 1.10 bits per heavy atom. The summed E-state index contributed by atoms with van der Waals surface area (Å²) < 4.78 is 10.6. The van der Waals surface area contributed by atoms with Crippen LogP contribution in [0.4, 0.5) is 0 Å². The molecule has 0 atom stereocenters. The number of unbranched alkanes of at least 4 members (excludes halogenated alkanes) is 1. The number of hydrogen-bond donors (Lipinski definition) is 0. The number of esters is 1. The van der Waals surface area contributed by atoms with E-state index in [1.807, 2.05) is 37.3 Å². The first kappa shape index (κ1) is 15.4. The number of carbonyl (C=O) groups is 1. The van der Waals surface area contributed by atoms with Crippen molar-refractivity contribution in [1.82, 2.24) is 0 Å². The zero-order valence-electron chi connectivity index (χ0n) is 12.9. The minimum Gasteiger partial charge on any atom is -0.496 e. The van der Waals surface area contributed by atoms with Gasteiger partial charge in [-0.1, -0.05) is 25.5 Å². The summed E-state index contributed by atoms with van der Waals surface area (Å²) in [7, 11) is 1.67. The third-order valence-corrected chi connectivity index (χ3v) is 3.63. The van der Waals surface area contributed by atoms with Gasteiger partial charge in [-0.3, -0.25) is 0 Å². The van der Waals surface area contributed by atoms with Crippen molar-refractivity contribution in [3.63, 3.8) is 0 Å². The van der Waals surface area contributed by atoms with Gasteiger partial charge in [-0.2, -0.15) is 0 Å². The summed E-state index contributed by atoms with van der Waals surface area (Å²) in [5.41, 5.74) is 1.73. The van der Waals surface area contributed by atoms with Gasteiger partial charge in [-0.15, -0.1) is 0 Å². The first-order valence-electron chi connectivity index (χ1n) is 7.48. The van der Waals surface area contributed by atoms with E-state index in [-0.39, 0.29) is 5.97 Å². The van der Waals surface area contributed by atoms with E-state index in [4.69, 9.17) is 9.47 Å². The number of ether oxygens (including phenoxy) is 2. The third-order valence-electron chi connectivity index (χ3n) is 3.63. The fraction of sp³-hybridized carbons (Fsp3) is 0.389. The van der Waals surface area contributed by atoms with Crippen LogP contribution < -0.4 is 4.74 Å². The predicted molar refractivity (Wildman–Crippen MR) is 85.1 cm³/mol. The zero-order valence-corrected chi connectivity index (χ0v) is 12.9. The molecule has 0 N–H and O–H groups in total. The monoisotopic (exact) mass is 286 g/mol. The Balaban J connectivity index is 2.61. The number of benzene rings is 2. The minimum atomic E-state index is -0.242. The van der Waals surface area contributed by atoms with Gasteiger partial charge in [0.1, 0.15) is 5.75 Å². The van der Waals surface area contributed by atoms with Crippen molar-refractivity contribution in [1.29, 1.82) is 0 Å². The normalized spacial score (nSPS) is 10.6. The molecular formula is C18H22O3. The van der Waals surface area contributed by atoms with Crippen molar-refractivity contribution >= 4 is 16.7 Å². The summed E-state index contributed by atoms with van der Waals surface area (Å²) in [6.07, 6.45) is 3.00. The highest BCUT2D eigenvalue weighted by molar-refractivity contribution is 6.00. The van der Waals surface area contributed by atoms with Gasteiger partial charge in [0, 0.05) is 5.39 Å². The lowest BCUT2D eigenvalue weighted by Crippen LogP contribution is -2.09. The quantitative estimate of drug-likeness (QED) is 0.740. The van der Waals surface area contributed by atoms with Crippen LogP contribution in [0.5, 0.6) is 5.75 Å². The van der Waals surface area contributed by atoms with Gasteiger partial charge in [0.25, 0.3) is 0 Å². The van der Waals surface area contributed by atoms with E-state index < -0.39 is 0 Å². The molecule has 0 heterocycles. The molecule has 0 fully saturated rings. The lowest BCUT2D eigenvalue weighted by atomic mass is 9.94. The van der Waals surface area contributed by atoms with Crippen LogP contribution in [0.2, 0.25) is 0 Å². The Labute approximate surface area is 125 Å². The molecule has 0 saturated heterocycles. The lowest BCUT2D eigenvalue weighted by Gasteiger charge is -2.14.